The number of rotatable bonds is 6. The molecule has 0 bridgehead atoms. The number of fused-ring (bicyclic) bond motifs is 1. The third kappa shape index (κ3) is 3.83. The van der Waals surface area contributed by atoms with Gasteiger partial charge < -0.3 is 10.1 Å². The first kappa shape index (κ1) is 17.7. The average Bonchev–Trinajstić information content (AvgIpc) is 3.20. The fourth-order valence-electron chi connectivity index (χ4n) is 2.89. The van der Waals surface area contributed by atoms with Crippen LogP contribution in [0.25, 0.3) is 10.8 Å². The molecule has 0 unspecified atom stereocenters. The Labute approximate surface area is 161 Å². The largest absolute Gasteiger partial charge is 0.486 e. The van der Waals surface area contributed by atoms with Crippen molar-refractivity contribution in [3.63, 3.8) is 0 Å². The smallest absolute Gasteiger partial charge is 0.255 e. The maximum atomic E-state index is 12.5. The Morgan fingerprint density at radius 1 is 1.04 bits per heavy atom. The van der Waals surface area contributed by atoms with Crippen LogP contribution in [0.4, 0.5) is 5.69 Å². The van der Waals surface area contributed by atoms with Crippen molar-refractivity contribution in [1.82, 2.24) is 20.2 Å². The highest BCUT2D eigenvalue weighted by molar-refractivity contribution is 6.05. The van der Waals surface area contributed by atoms with Gasteiger partial charge in [-0.15, -0.1) is 5.10 Å². The van der Waals surface area contributed by atoms with Crippen molar-refractivity contribution in [1.29, 1.82) is 0 Å². The number of ether oxygens (including phenoxy) is 1. The second kappa shape index (κ2) is 7.87. The van der Waals surface area contributed by atoms with Crippen LogP contribution in [-0.4, -0.2) is 26.1 Å². The number of hydrogen-bond donors (Lipinski definition) is 1. The lowest BCUT2D eigenvalue weighted by Crippen LogP contribution is -2.11. The molecule has 0 saturated carbocycles. The van der Waals surface area contributed by atoms with Gasteiger partial charge in [-0.05, 0) is 64.5 Å². The third-order valence-corrected chi connectivity index (χ3v) is 4.40. The van der Waals surface area contributed by atoms with Gasteiger partial charge in [0.05, 0.1) is 0 Å². The summed E-state index contributed by atoms with van der Waals surface area (Å²) in [5, 5.41) is 16.6. The molecule has 28 heavy (non-hydrogen) atoms. The van der Waals surface area contributed by atoms with Crippen molar-refractivity contribution in [2.75, 3.05) is 5.32 Å². The molecule has 0 saturated heterocycles. The van der Waals surface area contributed by atoms with Crippen molar-refractivity contribution >= 4 is 22.4 Å². The highest BCUT2D eigenvalue weighted by Gasteiger charge is 2.08. The molecule has 140 valence electrons. The molecule has 1 amide bonds. The number of anilines is 1. The molecular weight excluding hydrogens is 354 g/mol. The maximum Gasteiger partial charge on any atom is 0.255 e. The molecule has 0 spiro atoms. The van der Waals surface area contributed by atoms with Gasteiger partial charge in [0.15, 0.2) is 5.82 Å². The topological polar surface area (TPSA) is 81.9 Å². The average molecular weight is 373 g/mol. The number of nitrogens with zero attached hydrogens (tertiary/aromatic N) is 4. The van der Waals surface area contributed by atoms with E-state index in [-0.39, 0.29) is 12.5 Å². The summed E-state index contributed by atoms with van der Waals surface area (Å²) >= 11 is 0. The van der Waals surface area contributed by atoms with E-state index in [1.165, 1.54) is 0 Å². The number of hydrogen-bond acceptors (Lipinski definition) is 5. The van der Waals surface area contributed by atoms with Crippen molar-refractivity contribution in [2.45, 2.75) is 20.1 Å². The molecule has 4 aromatic rings. The monoisotopic (exact) mass is 373 g/mol. The van der Waals surface area contributed by atoms with Crippen LogP contribution < -0.4 is 10.1 Å². The first-order valence-corrected chi connectivity index (χ1v) is 9.01. The summed E-state index contributed by atoms with van der Waals surface area (Å²) in [6.07, 6.45) is 0. The molecule has 3 aromatic carbocycles. The molecule has 7 nitrogen and oxygen atoms in total. The van der Waals surface area contributed by atoms with Crippen LogP contribution in [0.5, 0.6) is 5.75 Å². The van der Waals surface area contributed by atoms with Crippen LogP contribution in [0.15, 0.2) is 66.7 Å². The molecule has 0 atom stereocenters. The van der Waals surface area contributed by atoms with E-state index in [0.29, 0.717) is 23.7 Å². The zero-order valence-electron chi connectivity index (χ0n) is 15.4. The number of aromatic nitrogens is 4. The van der Waals surface area contributed by atoms with Gasteiger partial charge >= 0.3 is 0 Å². The lowest BCUT2D eigenvalue weighted by Gasteiger charge is -2.08. The van der Waals surface area contributed by atoms with Gasteiger partial charge in [-0.2, -0.15) is 0 Å². The summed E-state index contributed by atoms with van der Waals surface area (Å²) in [7, 11) is 0. The summed E-state index contributed by atoms with van der Waals surface area (Å²) in [5.74, 6) is 1.13. The highest BCUT2D eigenvalue weighted by Crippen LogP contribution is 2.20. The molecule has 1 N–H and O–H groups in total. The van der Waals surface area contributed by atoms with Gasteiger partial charge in [0.2, 0.25) is 0 Å². The molecular formula is C21H19N5O2. The highest BCUT2D eigenvalue weighted by atomic mass is 16.5. The summed E-state index contributed by atoms with van der Waals surface area (Å²) in [4.78, 5) is 12.5. The molecule has 0 aliphatic rings. The molecule has 0 aliphatic heterocycles. The van der Waals surface area contributed by atoms with Crippen LogP contribution in [0.2, 0.25) is 0 Å². The fourth-order valence-corrected chi connectivity index (χ4v) is 2.89. The van der Waals surface area contributed by atoms with E-state index in [2.05, 4.69) is 20.8 Å². The molecule has 0 radical (unpaired) electrons. The number of benzene rings is 3. The minimum Gasteiger partial charge on any atom is -0.486 e. The number of amides is 1. The molecule has 0 fully saturated rings. The Morgan fingerprint density at radius 3 is 2.61 bits per heavy atom. The summed E-state index contributed by atoms with van der Waals surface area (Å²) < 4.78 is 7.37. The Bertz CT molecular complexity index is 1110. The number of carbonyl (C=O) groups is 1. The van der Waals surface area contributed by atoms with Crippen molar-refractivity contribution in [2.24, 2.45) is 0 Å². The summed E-state index contributed by atoms with van der Waals surface area (Å²) in [5.41, 5.74) is 1.31. The minimum atomic E-state index is -0.170. The Morgan fingerprint density at radius 2 is 1.82 bits per heavy atom. The van der Waals surface area contributed by atoms with E-state index < -0.39 is 0 Å². The summed E-state index contributed by atoms with van der Waals surface area (Å²) in [6.45, 7) is 2.91. The van der Waals surface area contributed by atoms with Gasteiger partial charge in [0.1, 0.15) is 12.4 Å². The van der Waals surface area contributed by atoms with Gasteiger partial charge in [-0.25, -0.2) is 4.68 Å². The van der Waals surface area contributed by atoms with Crippen molar-refractivity contribution in [3.8, 4) is 5.75 Å². The number of nitrogens with one attached hydrogen (secondary N) is 1. The number of aryl methyl sites for hydroxylation is 1. The molecule has 0 aliphatic carbocycles. The van der Waals surface area contributed by atoms with Crippen molar-refractivity contribution < 1.29 is 9.53 Å². The van der Waals surface area contributed by atoms with Crippen LogP contribution in [0, 0.1) is 0 Å². The lowest BCUT2D eigenvalue weighted by atomic mass is 10.1. The SMILES string of the molecule is CCn1nnnc1COc1ccc(C(=O)Nc2ccc3ccccc3c2)cc1. The third-order valence-electron chi connectivity index (χ3n) is 4.40. The molecule has 4 rings (SSSR count). The van der Waals surface area contributed by atoms with Gasteiger partial charge in [-0.3, -0.25) is 4.79 Å². The quantitative estimate of drug-likeness (QED) is 0.558. The van der Waals surface area contributed by atoms with Crippen LogP contribution in [0.3, 0.4) is 0 Å². The Kier molecular flexibility index (Phi) is 4.97. The standard InChI is InChI=1S/C21H19N5O2/c1-2-26-20(23-24-25-26)14-28-19-11-8-16(9-12-19)21(27)22-18-10-7-15-5-3-4-6-17(15)13-18/h3-13H,2,14H2,1H3,(H,22,27). The second-order valence-electron chi connectivity index (χ2n) is 6.24. The second-order valence-corrected chi connectivity index (χ2v) is 6.24. The predicted octanol–water partition coefficient (Wildman–Crippen LogP) is 3.68. The molecule has 1 heterocycles. The zero-order valence-corrected chi connectivity index (χ0v) is 15.4. The summed E-state index contributed by atoms with van der Waals surface area (Å²) in [6, 6.07) is 20.9. The Balaban J connectivity index is 1.40. The van der Waals surface area contributed by atoms with E-state index in [0.717, 1.165) is 16.5 Å². The lowest BCUT2D eigenvalue weighted by molar-refractivity contribution is 0.102. The van der Waals surface area contributed by atoms with Gasteiger partial charge in [0, 0.05) is 17.8 Å². The predicted molar refractivity (Wildman–Crippen MR) is 106 cm³/mol. The normalized spacial score (nSPS) is 10.8. The van der Waals surface area contributed by atoms with E-state index in [1.807, 2.05) is 49.4 Å². The van der Waals surface area contributed by atoms with Crippen LogP contribution in [0.1, 0.15) is 23.1 Å². The first-order valence-electron chi connectivity index (χ1n) is 9.01. The fraction of sp³-hybridized carbons (Fsp3) is 0.143. The number of tetrazole rings is 1. The van der Waals surface area contributed by atoms with E-state index >= 15 is 0 Å². The van der Waals surface area contributed by atoms with Crippen molar-refractivity contribution in [3.05, 3.63) is 78.1 Å². The maximum absolute atomic E-state index is 12.5. The molecule has 1 aromatic heterocycles. The van der Waals surface area contributed by atoms with Crippen LogP contribution in [-0.2, 0) is 13.2 Å². The van der Waals surface area contributed by atoms with E-state index in [4.69, 9.17) is 4.74 Å². The van der Waals surface area contributed by atoms with E-state index in [1.54, 1.807) is 28.9 Å². The van der Waals surface area contributed by atoms with Crippen LogP contribution >= 0.6 is 0 Å². The Hall–Kier alpha value is -3.74. The van der Waals surface area contributed by atoms with Gasteiger partial charge in [0.25, 0.3) is 5.91 Å². The first-order chi connectivity index (χ1) is 13.7. The number of carbonyl (C=O) groups excluding carboxylic acids is 1. The van der Waals surface area contributed by atoms with E-state index in [9.17, 15) is 4.79 Å². The zero-order chi connectivity index (χ0) is 19.3. The minimum absolute atomic E-state index is 0.170. The molecule has 7 heteroatoms. The van der Waals surface area contributed by atoms with Gasteiger partial charge in [-0.1, -0.05) is 30.3 Å².